The van der Waals surface area contributed by atoms with Crippen molar-refractivity contribution in [1.29, 1.82) is 0 Å². The van der Waals surface area contributed by atoms with Crippen molar-refractivity contribution in [2.45, 2.75) is 40.0 Å². The zero-order valence-electron chi connectivity index (χ0n) is 15.8. The van der Waals surface area contributed by atoms with Gasteiger partial charge in [-0.25, -0.2) is 9.78 Å². The number of hydrogen-bond acceptors (Lipinski definition) is 4. The van der Waals surface area contributed by atoms with Crippen LogP contribution in [0.4, 0.5) is 0 Å². The smallest absolute Gasteiger partial charge is 0.328 e. The van der Waals surface area contributed by atoms with Crippen LogP contribution in [0, 0.1) is 16.7 Å². The van der Waals surface area contributed by atoms with Gasteiger partial charge >= 0.3 is 5.69 Å². The highest BCUT2D eigenvalue weighted by Crippen LogP contribution is 2.63. The molecule has 0 saturated heterocycles. The molecule has 0 radical (unpaired) electrons. The van der Waals surface area contributed by atoms with E-state index in [0.29, 0.717) is 22.9 Å². The van der Waals surface area contributed by atoms with E-state index in [1.165, 1.54) is 24.4 Å². The molecule has 7 nitrogen and oxygen atoms in total. The summed E-state index contributed by atoms with van der Waals surface area (Å²) < 4.78 is 4.04. The first-order valence-corrected chi connectivity index (χ1v) is 8.62. The van der Waals surface area contributed by atoms with Gasteiger partial charge in [-0.15, -0.1) is 0 Å². The molecular formula is C18H26N4O3. The van der Waals surface area contributed by atoms with Crippen molar-refractivity contribution in [3.8, 4) is 0 Å². The molecule has 0 spiro atoms. The van der Waals surface area contributed by atoms with Crippen LogP contribution in [0.1, 0.15) is 40.0 Å². The number of fused-ring (bicyclic) bond motifs is 3. The highest BCUT2D eigenvalue weighted by Gasteiger charge is 2.61. The van der Waals surface area contributed by atoms with Gasteiger partial charge in [-0.2, -0.15) is 0 Å². The second-order valence-electron chi connectivity index (χ2n) is 8.15. The highest BCUT2D eigenvalue weighted by atomic mass is 16.2. The number of hydrogen-bond donors (Lipinski definition) is 0. The lowest BCUT2D eigenvalue weighted by Gasteiger charge is -2.32. The van der Waals surface area contributed by atoms with Crippen LogP contribution in [0.2, 0.25) is 0 Å². The molecule has 2 bridgehead atoms. The summed E-state index contributed by atoms with van der Waals surface area (Å²) in [5.74, 6) is 1.19. The molecule has 2 fully saturated rings. The summed E-state index contributed by atoms with van der Waals surface area (Å²) in [7, 11) is 4.77. The van der Waals surface area contributed by atoms with Gasteiger partial charge in [-0.05, 0) is 24.2 Å². The fourth-order valence-electron chi connectivity index (χ4n) is 4.37. The number of rotatable bonds is 0. The monoisotopic (exact) mass is 346 g/mol. The van der Waals surface area contributed by atoms with Crippen LogP contribution in [0.15, 0.2) is 15.9 Å². The van der Waals surface area contributed by atoms with Gasteiger partial charge in [0.05, 0.1) is 6.33 Å². The van der Waals surface area contributed by atoms with E-state index in [4.69, 9.17) is 0 Å². The van der Waals surface area contributed by atoms with Gasteiger partial charge in [0, 0.05) is 33.0 Å². The number of aryl methyl sites for hydroxylation is 2. The fourth-order valence-corrected chi connectivity index (χ4v) is 4.37. The van der Waals surface area contributed by atoms with E-state index in [0.717, 1.165) is 17.4 Å². The molecule has 0 aromatic carbocycles. The Balaban J connectivity index is 0.000000150. The minimum absolute atomic E-state index is 0.0255. The molecule has 2 heterocycles. The average Bonchev–Trinajstić information content (AvgIpc) is 3.10. The summed E-state index contributed by atoms with van der Waals surface area (Å²) >= 11 is 0. The third kappa shape index (κ3) is 2.24. The zero-order valence-corrected chi connectivity index (χ0v) is 15.8. The first-order valence-electron chi connectivity index (χ1n) is 8.62. The Bertz CT molecular complexity index is 979. The topological polar surface area (TPSA) is 78.9 Å². The molecule has 2 unspecified atom stereocenters. The van der Waals surface area contributed by atoms with Crippen LogP contribution in [-0.4, -0.2) is 24.5 Å². The first kappa shape index (κ1) is 17.6. The standard InChI is InChI=1S/C10H16O.C8H10N4O2/c1-9(2)7-4-5-10(9,3)8(11)6-7;1-10-4-9-6-5(10)7(13)12(3)8(14)11(6)2/h7H,4-6H2,1-3H3;4H,1-3H3. The van der Waals surface area contributed by atoms with Gasteiger partial charge < -0.3 is 4.57 Å². The van der Waals surface area contributed by atoms with E-state index >= 15 is 0 Å². The van der Waals surface area contributed by atoms with Crippen LogP contribution >= 0.6 is 0 Å². The number of nitrogens with zero attached hydrogens (tertiary/aromatic N) is 4. The molecule has 2 aliphatic rings. The third-order valence-electron chi connectivity index (χ3n) is 6.80. The zero-order chi connectivity index (χ0) is 18.7. The molecule has 0 N–H and O–H groups in total. The summed E-state index contributed by atoms with van der Waals surface area (Å²) in [5, 5.41) is 0. The van der Waals surface area contributed by atoms with Crippen molar-refractivity contribution in [3.05, 3.63) is 27.2 Å². The van der Waals surface area contributed by atoms with Gasteiger partial charge in [-0.1, -0.05) is 20.8 Å². The lowest BCUT2D eigenvalue weighted by molar-refractivity contribution is -0.128. The Hall–Kier alpha value is -2.18. The third-order valence-corrected chi connectivity index (χ3v) is 6.80. The maximum absolute atomic E-state index is 11.7. The highest BCUT2D eigenvalue weighted by molar-refractivity contribution is 5.89. The number of carbonyl (C=O) groups is 1. The van der Waals surface area contributed by atoms with Gasteiger partial charge in [0.25, 0.3) is 5.56 Å². The molecular weight excluding hydrogens is 320 g/mol. The largest absolute Gasteiger partial charge is 0.332 e. The Morgan fingerprint density at radius 1 is 1.08 bits per heavy atom. The molecule has 136 valence electrons. The minimum atomic E-state index is -0.360. The van der Waals surface area contributed by atoms with Crippen molar-refractivity contribution in [2.24, 2.45) is 37.9 Å². The normalized spacial score (nSPS) is 26.8. The van der Waals surface area contributed by atoms with E-state index in [9.17, 15) is 14.4 Å². The average molecular weight is 346 g/mol. The Kier molecular flexibility index (Phi) is 3.82. The van der Waals surface area contributed by atoms with E-state index in [1.54, 1.807) is 18.7 Å². The van der Waals surface area contributed by atoms with Gasteiger partial charge in [0.15, 0.2) is 11.2 Å². The van der Waals surface area contributed by atoms with E-state index in [-0.39, 0.29) is 22.1 Å². The number of ketones is 1. The summed E-state index contributed by atoms with van der Waals surface area (Å²) in [6.45, 7) is 6.67. The summed E-state index contributed by atoms with van der Waals surface area (Å²) in [5.41, 5.74) is 0.487. The molecule has 25 heavy (non-hydrogen) atoms. The van der Waals surface area contributed by atoms with Crippen LogP contribution in [0.25, 0.3) is 11.2 Å². The van der Waals surface area contributed by atoms with Crippen LogP contribution in [-0.2, 0) is 25.9 Å². The fraction of sp³-hybridized carbons (Fsp3) is 0.667. The molecule has 2 aromatic rings. The second kappa shape index (κ2) is 5.41. The SMILES string of the molecule is CC12CCC(CC1=O)C2(C)C.Cn1c(=O)c2c(ncn2C)n(C)c1=O. The minimum Gasteiger partial charge on any atom is -0.328 e. The lowest BCUT2D eigenvalue weighted by Crippen LogP contribution is -2.37. The maximum Gasteiger partial charge on any atom is 0.332 e. The van der Waals surface area contributed by atoms with Gasteiger partial charge in [0.2, 0.25) is 0 Å². The predicted molar refractivity (Wildman–Crippen MR) is 95.4 cm³/mol. The molecule has 7 heteroatoms. The van der Waals surface area contributed by atoms with Crippen molar-refractivity contribution in [2.75, 3.05) is 0 Å². The molecule has 0 amide bonds. The van der Waals surface area contributed by atoms with Crippen LogP contribution in [0.3, 0.4) is 0 Å². The molecule has 2 atom stereocenters. The van der Waals surface area contributed by atoms with Crippen LogP contribution in [0.5, 0.6) is 0 Å². The Morgan fingerprint density at radius 2 is 1.72 bits per heavy atom. The first-order chi connectivity index (χ1) is 11.5. The van der Waals surface area contributed by atoms with Crippen LogP contribution < -0.4 is 11.2 Å². The van der Waals surface area contributed by atoms with Crippen molar-refractivity contribution in [3.63, 3.8) is 0 Å². The second-order valence-corrected chi connectivity index (χ2v) is 8.15. The van der Waals surface area contributed by atoms with Gasteiger partial charge in [-0.3, -0.25) is 18.7 Å². The van der Waals surface area contributed by atoms with Crippen molar-refractivity contribution in [1.82, 2.24) is 18.7 Å². The summed E-state index contributed by atoms with van der Waals surface area (Å²) in [4.78, 5) is 38.7. The number of imidazole rings is 1. The predicted octanol–water partition coefficient (Wildman–Crippen LogP) is 1.37. The quantitative estimate of drug-likeness (QED) is 0.722. The molecule has 2 saturated carbocycles. The van der Waals surface area contributed by atoms with Gasteiger partial charge in [0.1, 0.15) is 5.78 Å². The molecule has 2 aliphatic carbocycles. The number of aromatic nitrogens is 4. The Morgan fingerprint density at radius 3 is 2.16 bits per heavy atom. The van der Waals surface area contributed by atoms with E-state index in [1.807, 2.05) is 0 Å². The number of carbonyl (C=O) groups excluding carboxylic acids is 1. The van der Waals surface area contributed by atoms with E-state index < -0.39 is 0 Å². The van der Waals surface area contributed by atoms with E-state index in [2.05, 4.69) is 25.8 Å². The maximum atomic E-state index is 11.7. The Labute approximate surface area is 146 Å². The van der Waals surface area contributed by atoms with Crippen molar-refractivity contribution < 1.29 is 4.79 Å². The number of Topliss-reactive ketones (excluding diaryl/α,β-unsaturated/α-hetero) is 1. The molecule has 2 aromatic heterocycles. The molecule has 4 rings (SSSR count). The molecule has 0 aliphatic heterocycles. The van der Waals surface area contributed by atoms with Crippen molar-refractivity contribution >= 4 is 16.9 Å². The lowest BCUT2D eigenvalue weighted by atomic mass is 9.70. The summed E-state index contributed by atoms with van der Waals surface area (Å²) in [6.07, 6.45) is 4.77. The summed E-state index contributed by atoms with van der Waals surface area (Å²) in [6, 6.07) is 0.